The van der Waals surface area contributed by atoms with E-state index in [1.165, 1.54) is 18.3 Å². The summed E-state index contributed by atoms with van der Waals surface area (Å²) >= 11 is 3.23. The molecular formula is C12H11BrN4O3. The number of benzene rings is 1. The van der Waals surface area contributed by atoms with Crippen LogP contribution >= 0.6 is 15.9 Å². The van der Waals surface area contributed by atoms with E-state index in [9.17, 15) is 10.1 Å². The molecule has 0 radical (unpaired) electrons. The van der Waals surface area contributed by atoms with Gasteiger partial charge >= 0.3 is 5.69 Å². The quantitative estimate of drug-likeness (QED) is 0.679. The van der Waals surface area contributed by atoms with Gasteiger partial charge in [-0.05, 0) is 13.0 Å². The Hall–Kier alpha value is -2.22. The van der Waals surface area contributed by atoms with Crippen molar-refractivity contribution in [2.75, 3.05) is 12.4 Å². The highest BCUT2D eigenvalue weighted by molar-refractivity contribution is 9.10. The van der Waals surface area contributed by atoms with Crippen LogP contribution in [0.25, 0.3) is 0 Å². The fourth-order valence-electron chi connectivity index (χ4n) is 1.60. The van der Waals surface area contributed by atoms with Gasteiger partial charge in [-0.1, -0.05) is 15.9 Å². The molecule has 0 atom stereocenters. The van der Waals surface area contributed by atoms with Crippen LogP contribution in [0.4, 0.5) is 11.6 Å². The number of ether oxygens (including phenoxy) is 1. The summed E-state index contributed by atoms with van der Waals surface area (Å²) in [5, 5.41) is 13.9. The lowest BCUT2D eigenvalue weighted by Crippen LogP contribution is -2.00. The molecule has 0 amide bonds. The van der Waals surface area contributed by atoms with Crippen molar-refractivity contribution in [2.45, 2.75) is 6.92 Å². The van der Waals surface area contributed by atoms with Crippen LogP contribution in [0.1, 0.15) is 5.56 Å². The second-order valence-electron chi connectivity index (χ2n) is 3.90. The van der Waals surface area contributed by atoms with Crippen LogP contribution in [0.2, 0.25) is 0 Å². The van der Waals surface area contributed by atoms with Gasteiger partial charge in [0.1, 0.15) is 0 Å². The molecule has 20 heavy (non-hydrogen) atoms. The Labute approximate surface area is 123 Å². The van der Waals surface area contributed by atoms with Crippen molar-refractivity contribution in [1.82, 2.24) is 9.97 Å². The Morgan fingerprint density at radius 3 is 2.85 bits per heavy atom. The second-order valence-corrected chi connectivity index (χ2v) is 4.81. The first kappa shape index (κ1) is 14.2. The van der Waals surface area contributed by atoms with E-state index in [0.717, 1.165) is 0 Å². The number of nitrogens with zero attached hydrogens (tertiary/aromatic N) is 3. The Morgan fingerprint density at radius 1 is 1.45 bits per heavy atom. The van der Waals surface area contributed by atoms with E-state index in [1.807, 2.05) is 0 Å². The average molecular weight is 339 g/mol. The highest BCUT2D eigenvalue weighted by Crippen LogP contribution is 2.36. The van der Waals surface area contributed by atoms with Crippen LogP contribution in [0.15, 0.2) is 28.9 Å². The van der Waals surface area contributed by atoms with Crippen molar-refractivity contribution >= 4 is 27.6 Å². The Balaban J connectivity index is 2.44. The zero-order valence-electron chi connectivity index (χ0n) is 10.8. The molecule has 104 valence electrons. The molecule has 1 heterocycles. The van der Waals surface area contributed by atoms with Crippen molar-refractivity contribution in [3.8, 4) is 11.6 Å². The fraction of sp³-hybridized carbons (Fsp3) is 0.167. The number of hydrogen-bond acceptors (Lipinski definition) is 6. The van der Waals surface area contributed by atoms with Crippen LogP contribution in [0.5, 0.6) is 11.6 Å². The topological polar surface area (TPSA) is 90.2 Å². The fourth-order valence-corrected chi connectivity index (χ4v) is 2.16. The van der Waals surface area contributed by atoms with E-state index in [1.54, 1.807) is 20.0 Å². The number of nitro benzene ring substituents is 1. The molecule has 8 heteroatoms. The van der Waals surface area contributed by atoms with Gasteiger partial charge in [0.05, 0.1) is 4.92 Å². The summed E-state index contributed by atoms with van der Waals surface area (Å²) in [6.07, 6.45) is 1.51. The highest BCUT2D eigenvalue weighted by Gasteiger charge is 2.20. The Bertz CT molecular complexity index is 663. The molecule has 0 spiro atoms. The first-order chi connectivity index (χ1) is 9.51. The molecule has 0 aliphatic heterocycles. The highest BCUT2D eigenvalue weighted by atomic mass is 79.9. The summed E-state index contributed by atoms with van der Waals surface area (Å²) in [6.45, 7) is 1.73. The summed E-state index contributed by atoms with van der Waals surface area (Å²) in [5.41, 5.74) is 0.511. The minimum absolute atomic E-state index is 0.124. The molecule has 0 unspecified atom stereocenters. The molecule has 1 aromatic carbocycles. The molecular weight excluding hydrogens is 328 g/mol. The van der Waals surface area contributed by atoms with Crippen LogP contribution in [0, 0.1) is 17.0 Å². The van der Waals surface area contributed by atoms with Gasteiger partial charge in [0.2, 0.25) is 17.6 Å². The number of nitrogens with one attached hydrogen (secondary N) is 1. The second kappa shape index (κ2) is 5.83. The molecule has 0 fully saturated rings. The van der Waals surface area contributed by atoms with Gasteiger partial charge in [-0.3, -0.25) is 10.1 Å². The van der Waals surface area contributed by atoms with E-state index >= 15 is 0 Å². The van der Waals surface area contributed by atoms with Gasteiger partial charge in [-0.25, -0.2) is 4.98 Å². The monoisotopic (exact) mass is 338 g/mol. The average Bonchev–Trinajstić information content (AvgIpc) is 2.41. The van der Waals surface area contributed by atoms with E-state index in [4.69, 9.17) is 4.74 Å². The molecule has 0 aliphatic rings. The van der Waals surface area contributed by atoms with E-state index in [-0.39, 0.29) is 17.3 Å². The smallest absolute Gasteiger partial charge is 0.313 e. The zero-order valence-corrected chi connectivity index (χ0v) is 12.3. The van der Waals surface area contributed by atoms with Gasteiger partial charge in [-0.15, -0.1) is 0 Å². The number of rotatable bonds is 4. The largest absolute Gasteiger partial charge is 0.431 e. The van der Waals surface area contributed by atoms with Crippen molar-refractivity contribution in [3.63, 3.8) is 0 Å². The van der Waals surface area contributed by atoms with Gasteiger partial charge in [-0.2, -0.15) is 4.98 Å². The third-order valence-corrected chi connectivity index (χ3v) is 2.93. The summed E-state index contributed by atoms with van der Waals surface area (Å²) in [6, 6.07) is 4.66. The van der Waals surface area contributed by atoms with E-state index in [2.05, 4.69) is 31.2 Å². The standard InChI is InChI=1S/C12H11BrN4O3/c1-7-5-8(13)6-9(17(18)19)11(7)20-10-3-4-15-12(14-2)16-10/h3-6H,1-2H3,(H,14,15,16). The molecule has 7 nitrogen and oxygen atoms in total. The molecule has 2 rings (SSSR count). The molecule has 2 aromatic rings. The Morgan fingerprint density at radius 2 is 2.20 bits per heavy atom. The van der Waals surface area contributed by atoms with Crippen molar-refractivity contribution in [3.05, 3.63) is 44.5 Å². The van der Waals surface area contributed by atoms with Crippen LogP contribution in [-0.2, 0) is 0 Å². The Kier molecular flexibility index (Phi) is 4.14. The number of hydrogen-bond donors (Lipinski definition) is 1. The van der Waals surface area contributed by atoms with E-state index in [0.29, 0.717) is 16.0 Å². The first-order valence-corrected chi connectivity index (χ1v) is 6.43. The van der Waals surface area contributed by atoms with Crippen LogP contribution in [0.3, 0.4) is 0 Å². The summed E-state index contributed by atoms with van der Waals surface area (Å²) in [7, 11) is 1.67. The van der Waals surface area contributed by atoms with Gasteiger partial charge < -0.3 is 10.1 Å². The van der Waals surface area contributed by atoms with Crippen LogP contribution in [-0.4, -0.2) is 21.9 Å². The maximum atomic E-state index is 11.1. The lowest BCUT2D eigenvalue weighted by Gasteiger charge is -2.09. The van der Waals surface area contributed by atoms with Gasteiger partial charge in [0.15, 0.2) is 0 Å². The first-order valence-electron chi connectivity index (χ1n) is 5.64. The van der Waals surface area contributed by atoms with Crippen LogP contribution < -0.4 is 10.1 Å². The lowest BCUT2D eigenvalue weighted by molar-refractivity contribution is -0.385. The predicted molar refractivity (Wildman–Crippen MR) is 77.2 cm³/mol. The molecule has 0 saturated heterocycles. The number of anilines is 1. The summed E-state index contributed by atoms with van der Waals surface area (Å²) < 4.78 is 6.16. The lowest BCUT2D eigenvalue weighted by atomic mass is 10.2. The predicted octanol–water partition coefficient (Wildman–Crippen LogP) is 3.29. The summed E-state index contributed by atoms with van der Waals surface area (Å²) in [4.78, 5) is 18.6. The summed E-state index contributed by atoms with van der Waals surface area (Å²) in [5.74, 6) is 0.775. The zero-order chi connectivity index (χ0) is 14.7. The van der Waals surface area contributed by atoms with Crippen molar-refractivity contribution in [2.24, 2.45) is 0 Å². The number of aromatic nitrogens is 2. The van der Waals surface area contributed by atoms with Crippen molar-refractivity contribution in [1.29, 1.82) is 0 Å². The van der Waals surface area contributed by atoms with Crippen molar-refractivity contribution < 1.29 is 9.66 Å². The molecule has 1 N–H and O–H groups in total. The molecule has 0 bridgehead atoms. The number of aryl methyl sites for hydroxylation is 1. The normalized spacial score (nSPS) is 10.2. The molecule has 0 saturated carbocycles. The number of halogens is 1. The third-order valence-electron chi connectivity index (χ3n) is 2.48. The van der Waals surface area contributed by atoms with Gasteiger partial charge in [0.25, 0.3) is 0 Å². The van der Waals surface area contributed by atoms with Gasteiger partial charge in [0, 0.05) is 35.4 Å². The maximum Gasteiger partial charge on any atom is 0.313 e. The molecule has 0 aliphatic carbocycles. The SMILES string of the molecule is CNc1nccc(Oc2c(C)cc(Br)cc2[N+](=O)[O-])n1. The minimum Gasteiger partial charge on any atom is -0.431 e. The minimum atomic E-state index is -0.493. The number of nitro groups is 1. The molecule has 1 aromatic heterocycles. The van der Waals surface area contributed by atoms with E-state index < -0.39 is 4.92 Å². The third kappa shape index (κ3) is 3.02. The maximum absolute atomic E-state index is 11.1.